The van der Waals surface area contributed by atoms with Crippen molar-refractivity contribution in [3.8, 4) is 0 Å². The van der Waals surface area contributed by atoms with Crippen molar-refractivity contribution >= 4 is 0 Å². The number of rotatable bonds is 5. The number of hydrogen-bond donors (Lipinski definition) is 1. The van der Waals surface area contributed by atoms with Gasteiger partial charge in [0.2, 0.25) is 0 Å². The van der Waals surface area contributed by atoms with Gasteiger partial charge in [-0.2, -0.15) is 0 Å². The Morgan fingerprint density at radius 2 is 1.87 bits per heavy atom. The molecular formula is C13H25NO. The normalized spacial score (nSPS) is 25.8. The van der Waals surface area contributed by atoms with Gasteiger partial charge in [-0.3, -0.25) is 0 Å². The Kier molecular flexibility index (Phi) is 3.68. The molecule has 2 rings (SSSR count). The Hall–Kier alpha value is -0.0800. The molecule has 0 aliphatic heterocycles. The molecule has 2 nitrogen and oxygen atoms in total. The van der Waals surface area contributed by atoms with E-state index in [-0.39, 0.29) is 5.41 Å². The fraction of sp³-hybridized carbons (Fsp3) is 1.00. The minimum absolute atomic E-state index is 0.247. The molecule has 0 amide bonds. The summed E-state index contributed by atoms with van der Waals surface area (Å²) in [6.07, 6.45) is 9.27. The fourth-order valence-corrected chi connectivity index (χ4v) is 3.04. The molecule has 0 saturated heterocycles. The Morgan fingerprint density at radius 1 is 1.20 bits per heavy atom. The molecule has 0 aromatic carbocycles. The monoisotopic (exact) mass is 211 g/mol. The third-order valence-electron chi connectivity index (χ3n) is 4.26. The SMILES string of the molecule is CCN(CC1(CO)CCCCC1)C1CC1. The molecule has 0 atom stereocenters. The van der Waals surface area contributed by atoms with E-state index in [0.717, 1.165) is 19.1 Å². The van der Waals surface area contributed by atoms with E-state index < -0.39 is 0 Å². The van der Waals surface area contributed by atoms with Crippen molar-refractivity contribution < 1.29 is 5.11 Å². The van der Waals surface area contributed by atoms with Gasteiger partial charge in [-0.15, -0.1) is 0 Å². The summed E-state index contributed by atoms with van der Waals surface area (Å²) in [5.41, 5.74) is 0.247. The van der Waals surface area contributed by atoms with E-state index >= 15 is 0 Å². The van der Waals surface area contributed by atoms with E-state index in [4.69, 9.17) is 0 Å². The summed E-state index contributed by atoms with van der Waals surface area (Å²) in [7, 11) is 0. The van der Waals surface area contributed by atoms with Gasteiger partial charge in [0.05, 0.1) is 0 Å². The Morgan fingerprint density at radius 3 is 2.33 bits per heavy atom. The summed E-state index contributed by atoms with van der Waals surface area (Å²) in [4.78, 5) is 2.60. The molecule has 2 fully saturated rings. The van der Waals surface area contributed by atoms with Gasteiger partial charge in [0.15, 0.2) is 0 Å². The quantitative estimate of drug-likeness (QED) is 0.755. The highest BCUT2D eigenvalue weighted by atomic mass is 16.3. The zero-order valence-corrected chi connectivity index (χ0v) is 10.0. The minimum atomic E-state index is 0.247. The first-order valence-electron chi connectivity index (χ1n) is 6.64. The molecule has 2 saturated carbocycles. The summed E-state index contributed by atoms with van der Waals surface area (Å²) in [5.74, 6) is 0. The topological polar surface area (TPSA) is 23.5 Å². The molecule has 88 valence electrons. The summed E-state index contributed by atoms with van der Waals surface area (Å²) in [5, 5.41) is 9.66. The Labute approximate surface area is 93.7 Å². The number of aliphatic hydroxyl groups is 1. The molecule has 0 unspecified atom stereocenters. The first kappa shape index (κ1) is 11.4. The molecule has 2 aliphatic carbocycles. The zero-order valence-electron chi connectivity index (χ0n) is 10.0. The average Bonchev–Trinajstić information content (AvgIpc) is 3.11. The molecule has 0 radical (unpaired) electrons. The van der Waals surface area contributed by atoms with Crippen LogP contribution in [-0.4, -0.2) is 35.7 Å². The maximum Gasteiger partial charge on any atom is 0.0499 e. The second-order valence-electron chi connectivity index (χ2n) is 5.51. The van der Waals surface area contributed by atoms with E-state index in [1.54, 1.807) is 0 Å². The van der Waals surface area contributed by atoms with Crippen molar-refractivity contribution in [2.24, 2.45) is 5.41 Å². The highest BCUT2D eigenvalue weighted by Crippen LogP contribution is 2.39. The van der Waals surface area contributed by atoms with E-state index in [1.165, 1.54) is 44.9 Å². The highest BCUT2D eigenvalue weighted by molar-refractivity contribution is 4.91. The predicted octanol–water partition coefficient (Wildman–Crippen LogP) is 2.41. The highest BCUT2D eigenvalue weighted by Gasteiger charge is 2.37. The Balaban J connectivity index is 1.92. The van der Waals surface area contributed by atoms with Crippen LogP contribution in [0.5, 0.6) is 0 Å². The van der Waals surface area contributed by atoms with Crippen LogP contribution in [0.4, 0.5) is 0 Å². The molecule has 0 heterocycles. The maximum absolute atomic E-state index is 9.66. The van der Waals surface area contributed by atoms with Gasteiger partial charge in [0, 0.05) is 24.6 Å². The van der Waals surface area contributed by atoms with Crippen molar-refractivity contribution in [1.82, 2.24) is 4.90 Å². The first-order valence-corrected chi connectivity index (χ1v) is 6.64. The van der Waals surface area contributed by atoms with Crippen LogP contribution in [0, 0.1) is 5.41 Å². The van der Waals surface area contributed by atoms with Crippen LogP contribution in [0.15, 0.2) is 0 Å². The largest absolute Gasteiger partial charge is 0.396 e. The standard InChI is InChI=1S/C13H25NO/c1-2-14(12-6-7-12)10-13(11-15)8-4-3-5-9-13/h12,15H,2-11H2,1H3. The van der Waals surface area contributed by atoms with Gasteiger partial charge < -0.3 is 10.0 Å². The molecule has 0 spiro atoms. The minimum Gasteiger partial charge on any atom is -0.396 e. The van der Waals surface area contributed by atoms with Crippen LogP contribution in [0.2, 0.25) is 0 Å². The number of hydrogen-bond acceptors (Lipinski definition) is 2. The van der Waals surface area contributed by atoms with Crippen LogP contribution < -0.4 is 0 Å². The summed E-state index contributed by atoms with van der Waals surface area (Å²) in [6.45, 7) is 4.96. The van der Waals surface area contributed by atoms with Crippen LogP contribution in [0.1, 0.15) is 51.9 Å². The molecule has 1 N–H and O–H groups in total. The van der Waals surface area contributed by atoms with Crippen LogP contribution in [0.25, 0.3) is 0 Å². The lowest BCUT2D eigenvalue weighted by atomic mass is 9.74. The van der Waals surface area contributed by atoms with E-state index in [2.05, 4.69) is 11.8 Å². The smallest absolute Gasteiger partial charge is 0.0499 e. The van der Waals surface area contributed by atoms with Crippen molar-refractivity contribution in [3.63, 3.8) is 0 Å². The van der Waals surface area contributed by atoms with Gasteiger partial charge in [-0.05, 0) is 32.2 Å². The van der Waals surface area contributed by atoms with E-state index in [9.17, 15) is 5.11 Å². The maximum atomic E-state index is 9.66. The lowest BCUT2D eigenvalue weighted by Crippen LogP contribution is -2.42. The van der Waals surface area contributed by atoms with Gasteiger partial charge >= 0.3 is 0 Å². The molecule has 2 aliphatic rings. The predicted molar refractivity (Wildman–Crippen MR) is 62.9 cm³/mol. The van der Waals surface area contributed by atoms with Gasteiger partial charge in [0.1, 0.15) is 0 Å². The van der Waals surface area contributed by atoms with Crippen LogP contribution >= 0.6 is 0 Å². The van der Waals surface area contributed by atoms with Gasteiger partial charge in [0.25, 0.3) is 0 Å². The molecule has 0 aromatic heterocycles. The molecule has 0 bridgehead atoms. The average molecular weight is 211 g/mol. The lowest BCUT2D eigenvalue weighted by molar-refractivity contribution is 0.0393. The summed E-state index contributed by atoms with van der Waals surface area (Å²) in [6, 6.07) is 0.848. The molecular weight excluding hydrogens is 186 g/mol. The van der Waals surface area contributed by atoms with Gasteiger partial charge in [-0.25, -0.2) is 0 Å². The summed E-state index contributed by atoms with van der Waals surface area (Å²) < 4.78 is 0. The van der Waals surface area contributed by atoms with Crippen LogP contribution in [-0.2, 0) is 0 Å². The van der Waals surface area contributed by atoms with Crippen molar-refractivity contribution in [3.05, 3.63) is 0 Å². The van der Waals surface area contributed by atoms with Crippen molar-refractivity contribution in [1.29, 1.82) is 0 Å². The third kappa shape index (κ3) is 2.73. The van der Waals surface area contributed by atoms with E-state index in [0.29, 0.717) is 6.61 Å². The molecule has 0 aromatic rings. The fourth-order valence-electron chi connectivity index (χ4n) is 3.04. The van der Waals surface area contributed by atoms with Crippen LogP contribution in [0.3, 0.4) is 0 Å². The van der Waals surface area contributed by atoms with Crippen molar-refractivity contribution in [2.45, 2.75) is 57.9 Å². The number of nitrogens with zero attached hydrogens (tertiary/aromatic N) is 1. The second kappa shape index (κ2) is 4.84. The second-order valence-corrected chi connectivity index (χ2v) is 5.51. The first-order chi connectivity index (χ1) is 7.29. The van der Waals surface area contributed by atoms with E-state index in [1.807, 2.05) is 0 Å². The van der Waals surface area contributed by atoms with Crippen molar-refractivity contribution in [2.75, 3.05) is 19.7 Å². The lowest BCUT2D eigenvalue weighted by Gasteiger charge is -2.39. The molecule has 15 heavy (non-hydrogen) atoms. The summed E-state index contributed by atoms with van der Waals surface area (Å²) >= 11 is 0. The Bertz CT molecular complexity index is 195. The third-order valence-corrected chi connectivity index (χ3v) is 4.26. The molecule has 2 heteroatoms. The zero-order chi connectivity index (χ0) is 10.7. The van der Waals surface area contributed by atoms with Gasteiger partial charge in [-0.1, -0.05) is 26.2 Å². The number of aliphatic hydroxyl groups excluding tert-OH is 1.